The number of rotatable bonds is 4. The maximum atomic E-state index is 11.8. The van der Waals surface area contributed by atoms with Crippen LogP contribution in [0.5, 0.6) is 5.88 Å². The quantitative estimate of drug-likeness (QED) is 0.750. The second-order valence-corrected chi connectivity index (χ2v) is 4.69. The lowest BCUT2D eigenvalue weighted by atomic mass is 10.2. The highest BCUT2D eigenvalue weighted by Crippen LogP contribution is 2.20. The third-order valence-corrected chi connectivity index (χ3v) is 2.85. The molecule has 1 aliphatic rings. The molecule has 0 spiro atoms. The van der Waals surface area contributed by atoms with E-state index in [1.165, 1.54) is 7.11 Å². The number of carbonyl (C=O) groups excluding carboxylic acids is 1. The molecule has 2 heterocycles. The number of hydrogen-bond acceptors (Lipinski definition) is 7. The van der Waals surface area contributed by atoms with E-state index in [1.807, 2.05) is 18.7 Å². The highest BCUT2D eigenvalue weighted by Gasteiger charge is 2.31. The molecule has 1 fully saturated rings. The zero-order valence-corrected chi connectivity index (χ0v) is 11.9. The number of methoxy groups -OCH3 is 1. The van der Waals surface area contributed by atoms with E-state index in [0.29, 0.717) is 24.8 Å². The van der Waals surface area contributed by atoms with Gasteiger partial charge in [-0.15, -0.1) is 0 Å². The maximum Gasteiger partial charge on any atom is 0.330 e. The molecule has 0 radical (unpaired) electrons. The fraction of sp³-hybridized carbons (Fsp3) is 0.615. The van der Waals surface area contributed by atoms with Crippen molar-refractivity contribution in [2.75, 3.05) is 31.8 Å². The van der Waals surface area contributed by atoms with Gasteiger partial charge < -0.3 is 19.1 Å². The SMILES string of the molecule is COC(=O)C1COCCN1c1cncc(OC(C)C)n1. The van der Waals surface area contributed by atoms with Crippen molar-refractivity contribution in [1.29, 1.82) is 0 Å². The number of esters is 1. The van der Waals surface area contributed by atoms with E-state index in [0.717, 1.165) is 0 Å². The monoisotopic (exact) mass is 281 g/mol. The summed E-state index contributed by atoms with van der Waals surface area (Å²) < 4.78 is 15.6. The predicted molar refractivity (Wildman–Crippen MR) is 71.8 cm³/mol. The molecule has 1 unspecified atom stereocenters. The van der Waals surface area contributed by atoms with Crippen LogP contribution in [-0.4, -0.2) is 55.0 Å². The second kappa shape index (κ2) is 6.51. The number of nitrogens with zero attached hydrogens (tertiary/aromatic N) is 3. The summed E-state index contributed by atoms with van der Waals surface area (Å²) in [5.41, 5.74) is 0. The number of carbonyl (C=O) groups is 1. The van der Waals surface area contributed by atoms with Gasteiger partial charge in [0.1, 0.15) is 0 Å². The second-order valence-electron chi connectivity index (χ2n) is 4.69. The predicted octanol–water partition coefficient (Wildman–Crippen LogP) is 0.642. The van der Waals surface area contributed by atoms with Crippen LogP contribution in [0.1, 0.15) is 13.8 Å². The molecule has 1 aromatic heterocycles. The van der Waals surface area contributed by atoms with E-state index < -0.39 is 6.04 Å². The van der Waals surface area contributed by atoms with E-state index >= 15 is 0 Å². The van der Waals surface area contributed by atoms with Crippen molar-refractivity contribution in [1.82, 2.24) is 9.97 Å². The minimum atomic E-state index is -0.502. The van der Waals surface area contributed by atoms with Gasteiger partial charge in [-0.25, -0.2) is 4.79 Å². The van der Waals surface area contributed by atoms with Gasteiger partial charge in [-0.2, -0.15) is 4.98 Å². The van der Waals surface area contributed by atoms with Crippen LogP contribution in [0.2, 0.25) is 0 Å². The van der Waals surface area contributed by atoms with Crippen LogP contribution < -0.4 is 9.64 Å². The summed E-state index contributed by atoms with van der Waals surface area (Å²) in [6.07, 6.45) is 3.17. The van der Waals surface area contributed by atoms with Gasteiger partial charge in [-0.3, -0.25) is 4.98 Å². The summed E-state index contributed by atoms with van der Waals surface area (Å²) in [4.78, 5) is 22.1. The molecule has 1 aromatic rings. The van der Waals surface area contributed by atoms with Crippen LogP contribution in [0.25, 0.3) is 0 Å². The number of anilines is 1. The molecule has 2 rings (SSSR count). The lowest BCUT2D eigenvalue weighted by molar-refractivity contribution is -0.144. The Labute approximate surface area is 117 Å². The van der Waals surface area contributed by atoms with Gasteiger partial charge in [0.2, 0.25) is 5.88 Å². The minimum absolute atomic E-state index is 0.0145. The van der Waals surface area contributed by atoms with Crippen molar-refractivity contribution < 1.29 is 19.0 Å². The highest BCUT2D eigenvalue weighted by molar-refractivity contribution is 5.80. The first-order valence-corrected chi connectivity index (χ1v) is 6.52. The standard InChI is InChI=1S/C13H19N3O4/c1-9(2)20-12-7-14-6-11(15-12)16-4-5-19-8-10(16)13(17)18-3/h6-7,9-10H,4-5,8H2,1-3H3. The van der Waals surface area contributed by atoms with Crippen LogP contribution >= 0.6 is 0 Å². The molecule has 1 saturated heterocycles. The van der Waals surface area contributed by atoms with Crippen molar-refractivity contribution in [3.8, 4) is 5.88 Å². The van der Waals surface area contributed by atoms with Gasteiger partial charge in [0.15, 0.2) is 11.9 Å². The molecule has 20 heavy (non-hydrogen) atoms. The summed E-state index contributed by atoms with van der Waals surface area (Å²) in [6.45, 7) is 5.20. The van der Waals surface area contributed by atoms with Crippen molar-refractivity contribution >= 4 is 11.8 Å². The Kier molecular flexibility index (Phi) is 4.73. The lowest BCUT2D eigenvalue weighted by Gasteiger charge is -2.34. The Bertz CT molecular complexity index is 467. The van der Waals surface area contributed by atoms with Gasteiger partial charge in [-0.1, -0.05) is 0 Å². The van der Waals surface area contributed by atoms with Crippen LogP contribution in [0.3, 0.4) is 0 Å². The first-order valence-electron chi connectivity index (χ1n) is 6.52. The topological polar surface area (TPSA) is 73.8 Å². The zero-order chi connectivity index (χ0) is 14.5. The van der Waals surface area contributed by atoms with Gasteiger partial charge in [0.25, 0.3) is 0 Å². The Balaban J connectivity index is 2.21. The van der Waals surface area contributed by atoms with Crippen molar-refractivity contribution in [2.24, 2.45) is 0 Å². The van der Waals surface area contributed by atoms with E-state index in [-0.39, 0.29) is 18.7 Å². The van der Waals surface area contributed by atoms with E-state index in [2.05, 4.69) is 9.97 Å². The number of aromatic nitrogens is 2. The summed E-state index contributed by atoms with van der Waals surface area (Å²) in [6, 6.07) is -0.502. The first-order chi connectivity index (χ1) is 9.61. The molecule has 0 aromatic carbocycles. The molecule has 110 valence electrons. The number of hydrogen-bond donors (Lipinski definition) is 0. The fourth-order valence-electron chi connectivity index (χ4n) is 1.98. The summed E-state index contributed by atoms with van der Waals surface area (Å²) in [5, 5.41) is 0. The molecule has 0 aliphatic carbocycles. The van der Waals surface area contributed by atoms with Crippen LogP contribution in [-0.2, 0) is 14.3 Å². The van der Waals surface area contributed by atoms with Crippen LogP contribution in [0.15, 0.2) is 12.4 Å². The Morgan fingerprint density at radius 2 is 2.30 bits per heavy atom. The lowest BCUT2D eigenvalue weighted by Crippen LogP contribution is -2.51. The van der Waals surface area contributed by atoms with Crippen molar-refractivity contribution in [3.63, 3.8) is 0 Å². The summed E-state index contributed by atoms with van der Waals surface area (Å²) in [5.74, 6) is 0.677. The first kappa shape index (κ1) is 14.5. The molecular formula is C13H19N3O4. The van der Waals surface area contributed by atoms with Gasteiger partial charge in [-0.05, 0) is 13.8 Å². The smallest absolute Gasteiger partial charge is 0.330 e. The highest BCUT2D eigenvalue weighted by atomic mass is 16.5. The van der Waals surface area contributed by atoms with E-state index in [4.69, 9.17) is 14.2 Å². The maximum absolute atomic E-state index is 11.8. The largest absolute Gasteiger partial charge is 0.474 e. The Hall–Kier alpha value is -1.89. The molecule has 0 bridgehead atoms. The van der Waals surface area contributed by atoms with Gasteiger partial charge >= 0.3 is 5.97 Å². The minimum Gasteiger partial charge on any atom is -0.474 e. The molecule has 1 atom stereocenters. The van der Waals surface area contributed by atoms with Crippen LogP contribution in [0, 0.1) is 0 Å². The molecule has 7 heteroatoms. The fourth-order valence-corrected chi connectivity index (χ4v) is 1.98. The zero-order valence-electron chi connectivity index (χ0n) is 11.9. The summed E-state index contributed by atoms with van der Waals surface area (Å²) >= 11 is 0. The van der Waals surface area contributed by atoms with Gasteiger partial charge in [0.05, 0.1) is 38.8 Å². The number of ether oxygens (including phenoxy) is 3. The average Bonchev–Trinajstić information content (AvgIpc) is 2.46. The molecule has 7 nitrogen and oxygen atoms in total. The molecular weight excluding hydrogens is 262 g/mol. The van der Waals surface area contributed by atoms with Gasteiger partial charge in [0, 0.05) is 6.54 Å². The Morgan fingerprint density at radius 1 is 1.50 bits per heavy atom. The molecule has 0 saturated carbocycles. The van der Waals surface area contributed by atoms with E-state index in [1.54, 1.807) is 12.4 Å². The van der Waals surface area contributed by atoms with E-state index in [9.17, 15) is 4.79 Å². The third-order valence-electron chi connectivity index (χ3n) is 2.85. The summed E-state index contributed by atoms with van der Waals surface area (Å²) in [7, 11) is 1.36. The van der Waals surface area contributed by atoms with Crippen molar-refractivity contribution in [3.05, 3.63) is 12.4 Å². The molecule has 0 amide bonds. The number of morpholine rings is 1. The Morgan fingerprint density at radius 3 is 3.00 bits per heavy atom. The average molecular weight is 281 g/mol. The van der Waals surface area contributed by atoms with Crippen LogP contribution in [0.4, 0.5) is 5.82 Å². The van der Waals surface area contributed by atoms with Crippen molar-refractivity contribution in [2.45, 2.75) is 26.0 Å². The third kappa shape index (κ3) is 3.36. The normalized spacial score (nSPS) is 19.0. The molecule has 1 aliphatic heterocycles. The molecule has 0 N–H and O–H groups in total.